The fourth-order valence-electron chi connectivity index (χ4n) is 1.26. The van der Waals surface area contributed by atoms with E-state index in [0.717, 1.165) is 31.2 Å². The van der Waals surface area contributed by atoms with Crippen LogP contribution in [0.15, 0.2) is 16.5 Å². The Morgan fingerprint density at radius 3 is 2.92 bits per heavy atom. The number of hydrogen-bond acceptors (Lipinski definition) is 3. The van der Waals surface area contributed by atoms with Crippen LogP contribution in [-0.2, 0) is 6.54 Å². The van der Waals surface area contributed by atoms with Crippen LogP contribution in [0.4, 0.5) is 0 Å². The molecule has 0 bridgehead atoms. The van der Waals surface area contributed by atoms with Gasteiger partial charge in [-0.05, 0) is 19.1 Å². The summed E-state index contributed by atoms with van der Waals surface area (Å²) in [4.78, 5) is 0. The summed E-state index contributed by atoms with van der Waals surface area (Å²) in [6.45, 7) is 4.98. The quantitative estimate of drug-likeness (QED) is 0.692. The standard InChI is InChI=1S/C9H14N2O/c1-7-2-3-9(12-7)6-11-8-4-10-5-8/h2-3,8,10-11H,4-6H2,1H3. The van der Waals surface area contributed by atoms with Crippen LogP contribution in [-0.4, -0.2) is 19.1 Å². The van der Waals surface area contributed by atoms with E-state index in [1.165, 1.54) is 0 Å². The second kappa shape index (κ2) is 3.29. The zero-order valence-electron chi connectivity index (χ0n) is 7.26. The van der Waals surface area contributed by atoms with Gasteiger partial charge < -0.3 is 15.1 Å². The Hall–Kier alpha value is -0.800. The van der Waals surface area contributed by atoms with Crippen LogP contribution >= 0.6 is 0 Å². The highest BCUT2D eigenvalue weighted by molar-refractivity contribution is 5.05. The Labute approximate surface area is 72.1 Å². The fourth-order valence-corrected chi connectivity index (χ4v) is 1.26. The second-order valence-electron chi connectivity index (χ2n) is 3.25. The molecule has 3 nitrogen and oxygen atoms in total. The molecule has 1 aliphatic rings. The fraction of sp³-hybridized carbons (Fsp3) is 0.556. The number of furan rings is 1. The van der Waals surface area contributed by atoms with Crippen LogP contribution in [0.25, 0.3) is 0 Å². The highest BCUT2D eigenvalue weighted by Crippen LogP contribution is 2.06. The Bertz CT molecular complexity index is 253. The van der Waals surface area contributed by atoms with E-state index in [0.29, 0.717) is 6.04 Å². The van der Waals surface area contributed by atoms with Crippen LogP contribution < -0.4 is 10.6 Å². The van der Waals surface area contributed by atoms with E-state index in [1.54, 1.807) is 0 Å². The number of rotatable bonds is 3. The van der Waals surface area contributed by atoms with E-state index in [2.05, 4.69) is 10.6 Å². The summed E-state index contributed by atoms with van der Waals surface area (Å²) in [5, 5.41) is 6.60. The molecule has 1 aromatic rings. The number of hydrogen-bond donors (Lipinski definition) is 2. The number of aryl methyl sites for hydroxylation is 1. The Morgan fingerprint density at radius 1 is 1.58 bits per heavy atom. The van der Waals surface area contributed by atoms with Crippen molar-refractivity contribution in [2.24, 2.45) is 0 Å². The Morgan fingerprint density at radius 2 is 2.42 bits per heavy atom. The minimum Gasteiger partial charge on any atom is -0.465 e. The predicted octanol–water partition coefficient (Wildman–Crippen LogP) is 0.649. The highest BCUT2D eigenvalue weighted by atomic mass is 16.3. The lowest BCUT2D eigenvalue weighted by molar-refractivity contribution is 0.347. The molecule has 0 spiro atoms. The van der Waals surface area contributed by atoms with E-state index in [-0.39, 0.29) is 0 Å². The van der Waals surface area contributed by atoms with E-state index in [4.69, 9.17) is 4.42 Å². The first-order valence-electron chi connectivity index (χ1n) is 4.34. The summed E-state index contributed by atoms with van der Waals surface area (Å²) >= 11 is 0. The van der Waals surface area contributed by atoms with Crippen molar-refractivity contribution in [1.29, 1.82) is 0 Å². The number of nitrogens with one attached hydrogen (secondary N) is 2. The molecule has 0 aliphatic carbocycles. The first kappa shape index (κ1) is 7.83. The van der Waals surface area contributed by atoms with Crippen LogP contribution in [0.3, 0.4) is 0 Å². The molecule has 1 saturated heterocycles. The largest absolute Gasteiger partial charge is 0.465 e. The first-order chi connectivity index (χ1) is 5.84. The average molecular weight is 166 g/mol. The highest BCUT2D eigenvalue weighted by Gasteiger charge is 2.15. The van der Waals surface area contributed by atoms with Gasteiger partial charge in [-0.1, -0.05) is 0 Å². The normalized spacial score (nSPS) is 17.8. The Kier molecular flexibility index (Phi) is 2.15. The molecule has 2 heterocycles. The Balaban J connectivity index is 1.79. The van der Waals surface area contributed by atoms with Gasteiger partial charge in [0.15, 0.2) is 0 Å². The van der Waals surface area contributed by atoms with Crippen molar-refractivity contribution in [3.05, 3.63) is 23.7 Å². The maximum Gasteiger partial charge on any atom is 0.117 e. The molecule has 1 aromatic heterocycles. The predicted molar refractivity (Wildman–Crippen MR) is 46.9 cm³/mol. The molecule has 1 fully saturated rings. The van der Waals surface area contributed by atoms with E-state index in [1.807, 2.05) is 19.1 Å². The summed E-state index contributed by atoms with van der Waals surface area (Å²) in [5.74, 6) is 2.01. The molecule has 1 aliphatic heterocycles. The van der Waals surface area contributed by atoms with Crippen molar-refractivity contribution in [2.45, 2.75) is 19.5 Å². The van der Waals surface area contributed by atoms with Crippen molar-refractivity contribution in [2.75, 3.05) is 13.1 Å². The SMILES string of the molecule is Cc1ccc(CNC2CNC2)o1. The summed E-state index contributed by atoms with van der Waals surface area (Å²) in [6, 6.07) is 4.65. The monoisotopic (exact) mass is 166 g/mol. The zero-order valence-corrected chi connectivity index (χ0v) is 7.26. The van der Waals surface area contributed by atoms with Crippen LogP contribution in [0, 0.1) is 6.92 Å². The molecule has 3 heteroatoms. The van der Waals surface area contributed by atoms with Gasteiger partial charge in [0.1, 0.15) is 11.5 Å². The van der Waals surface area contributed by atoms with Gasteiger partial charge in [-0.25, -0.2) is 0 Å². The molecule has 2 rings (SSSR count). The smallest absolute Gasteiger partial charge is 0.117 e. The minimum absolute atomic E-state index is 0.635. The third-order valence-corrected chi connectivity index (χ3v) is 2.14. The molecule has 66 valence electrons. The lowest BCUT2D eigenvalue weighted by Crippen LogP contribution is -2.54. The van der Waals surface area contributed by atoms with Gasteiger partial charge in [-0.15, -0.1) is 0 Å². The van der Waals surface area contributed by atoms with Gasteiger partial charge in [-0.3, -0.25) is 0 Å². The van der Waals surface area contributed by atoms with Gasteiger partial charge in [0, 0.05) is 19.1 Å². The van der Waals surface area contributed by atoms with Crippen molar-refractivity contribution in [3.63, 3.8) is 0 Å². The third kappa shape index (κ3) is 1.68. The molecule has 0 aromatic carbocycles. The molecule has 0 saturated carbocycles. The maximum atomic E-state index is 5.42. The van der Waals surface area contributed by atoms with Crippen LogP contribution in [0.1, 0.15) is 11.5 Å². The van der Waals surface area contributed by atoms with Crippen molar-refractivity contribution < 1.29 is 4.42 Å². The molecule has 12 heavy (non-hydrogen) atoms. The zero-order chi connectivity index (χ0) is 8.39. The topological polar surface area (TPSA) is 37.2 Å². The lowest BCUT2D eigenvalue weighted by atomic mass is 10.2. The molecule has 0 radical (unpaired) electrons. The van der Waals surface area contributed by atoms with Gasteiger partial charge >= 0.3 is 0 Å². The lowest BCUT2D eigenvalue weighted by Gasteiger charge is -2.27. The summed E-state index contributed by atoms with van der Waals surface area (Å²) in [7, 11) is 0. The average Bonchev–Trinajstić information content (AvgIpc) is 2.32. The van der Waals surface area contributed by atoms with Crippen molar-refractivity contribution >= 4 is 0 Å². The summed E-state index contributed by atoms with van der Waals surface area (Å²) < 4.78 is 5.42. The van der Waals surface area contributed by atoms with Gasteiger partial charge in [0.05, 0.1) is 6.54 Å². The molecular weight excluding hydrogens is 152 g/mol. The second-order valence-corrected chi connectivity index (χ2v) is 3.25. The molecule has 2 N–H and O–H groups in total. The molecule has 0 atom stereocenters. The van der Waals surface area contributed by atoms with Crippen molar-refractivity contribution in [1.82, 2.24) is 10.6 Å². The molecule has 0 amide bonds. The summed E-state index contributed by atoms with van der Waals surface area (Å²) in [5.41, 5.74) is 0. The molecular formula is C9H14N2O. The van der Waals surface area contributed by atoms with Gasteiger partial charge in [-0.2, -0.15) is 0 Å². The first-order valence-corrected chi connectivity index (χ1v) is 4.34. The van der Waals surface area contributed by atoms with Crippen molar-refractivity contribution in [3.8, 4) is 0 Å². The van der Waals surface area contributed by atoms with Crippen LogP contribution in [0.2, 0.25) is 0 Å². The van der Waals surface area contributed by atoms with E-state index >= 15 is 0 Å². The third-order valence-electron chi connectivity index (χ3n) is 2.14. The van der Waals surface area contributed by atoms with E-state index < -0.39 is 0 Å². The molecule has 0 unspecified atom stereocenters. The maximum absolute atomic E-state index is 5.42. The van der Waals surface area contributed by atoms with E-state index in [9.17, 15) is 0 Å². The van der Waals surface area contributed by atoms with Gasteiger partial charge in [0.25, 0.3) is 0 Å². The minimum atomic E-state index is 0.635. The summed E-state index contributed by atoms with van der Waals surface area (Å²) in [6.07, 6.45) is 0. The van der Waals surface area contributed by atoms with Gasteiger partial charge in [0.2, 0.25) is 0 Å². The van der Waals surface area contributed by atoms with Crippen LogP contribution in [0.5, 0.6) is 0 Å².